The molecule has 1 aromatic rings. The molecular formula is C17H27N3O2. The Labute approximate surface area is 133 Å². The van der Waals surface area contributed by atoms with Gasteiger partial charge in [-0.25, -0.2) is 4.79 Å². The molecule has 2 N–H and O–H groups in total. The van der Waals surface area contributed by atoms with Crippen molar-refractivity contribution in [1.82, 2.24) is 10.2 Å². The van der Waals surface area contributed by atoms with Crippen LogP contribution in [-0.2, 0) is 0 Å². The van der Waals surface area contributed by atoms with E-state index in [1.165, 1.54) is 25.8 Å². The molecule has 0 aromatic heterocycles. The summed E-state index contributed by atoms with van der Waals surface area (Å²) in [4.78, 5) is 14.3. The van der Waals surface area contributed by atoms with Crippen LogP contribution in [-0.4, -0.2) is 43.7 Å². The molecule has 2 amide bonds. The maximum absolute atomic E-state index is 11.8. The first-order valence-corrected chi connectivity index (χ1v) is 8.12. The van der Waals surface area contributed by atoms with Gasteiger partial charge in [0.1, 0.15) is 5.75 Å². The maximum atomic E-state index is 11.8. The van der Waals surface area contributed by atoms with E-state index in [-0.39, 0.29) is 6.03 Å². The molecule has 0 saturated carbocycles. The fourth-order valence-corrected chi connectivity index (χ4v) is 2.82. The molecule has 1 atom stereocenters. The molecule has 1 heterocycles. The zero-order chi connectivity index (χ0) is 15.8. The summed E-state index contributed by atoms with van der Waals surface area (Å²) in [5, 5.41) is 5.73. The molecule has 1 fully saturated rings. The Morgan fingerprint density at radius 1 is 1.32 bits per heavy atom. The van der Waals surface area contributed by atoms with Gasteiger partial charge in [0, 0.05) is 24.8 Å². The topological polar surface area (TPSA) is 53.6 Å². The first-order valence-electron chi connectivity index (χ1n) is 8.12. The molecule has 1 aliphatic rings. The number of urea groups is 1. The highest BCUT2D eigenvalue weighted by molar-refractivity contribution is 5.89. The normalized spacial score (nSPS) is 18.7. The third kappa shape index (κ3) is 5.22. The number of ether oxygens (including phenoxy) is 1. The number of methoxy groups -OCH3 is 1. The second-order valence-electron chi connectivity index (χ2n) is 5.84. The van der Waals surface area contributed by atoms with Gasteiger partial charge >= 0.3 is 6.03 Å². The molecular weight excluding hydrogens is 278 g/mol. The Kier molecular flexibility index (Phi) is 6.52. The molecule has 22 heavy (non-hydrogen) atoms. The number of nitrogens with one attached hydrogen (secondary N) is 2. The number of rotatable bonds is 6. The summed E-state index contributed by atoms with van der Waals surface area (Å²) in [5.74, 6) is 0.779. The minimum Gasteiger partial charge on any atom is -0.497 e. The summed E-state index contributed by atoms with van der Waals surface area (Å²) in [6, 6.07) is 7.83. The van der Waals surface area contributed by atoms with Crippen LogP contribution in [0.25, 0.3) is 0 Å². The van der Waals surface area contributed by atoms with Gasteiger partial charge in [-0.05, 0) is 57.0 Å². The highest BCUT2D eigenvalue weighted by atomic mass is 16.5. The monoisotopic (exact) mass is 305 g/mol. The fraction of sp³-hybridized carbons (Fsp3) is 0.588. The van der Waals surface area contributed by atoms with Gasteiger partial charge in [0.15, 0.2) is 0 Å². The van der Waals surface area contributed by atoms with Crippen molar-refractivity contribution in [2.45, 2.75) is 38.6 Å². The van der Waals surface area contributed by atoms with Crippen LogP contribution < -0.4 is 15.4 Å². The Morgan fingerprint density at radius 3 is 2.77 bits per heavy atom. The fourth-order valence-electron chi connectivity index (χ4n) is 2.82. The highest BCUT2D eigenvalue weighted by Gasteiger charge is 2.17. The smallest absolute Gasteiger partial charge is 0.319 e. The van der Waals surface area contributed by atoms with Gasteiger partial charge in [-0.1, -0.05) is 6.42 Å². The van der Waals surface area contributed by atoms with Crippen molar-refractivity contribution >= 4 is 11.7 Å². The van der Waals surface area contributed by atoms with E-state index in [1.54, 1.807) is 7.11 Å². The van der Waals surface area contributed by atoms with Crippen LogP contribution in [0.3, 0.4) is 0 Å². The summed E-state index contributed by atoms with van der Waals surface area (Å²) in [7, 11) is 1.62. The molecule has 1 saturated heterocycles. The van der Waals surface area contributed by atoms with Gasteiger partial charge in [0.25, 0.3) is 0 Å². The van der Waals surface area contributed by atoms with E-state index in [2.05, 4.69) is 22.5 Å². The van der Waals surface area contributed by atoms with E-state index < -0.39 is 0 Å². The first kappa shape index (κ1) is 16.6. The SMILES string of the molecule is COc1ccc(NC(=O)NCCCN2CCCC[C@@H]2C)cc1. The van der Waals surface area contributed by atoms with E-state index in [0.717, 1.165) is 24.4 Å². The molecule has 1 aromatic carbocycles. The van der Waals surface area contributed by atoms with Gasteiger partial charge in [-0.3, -0.25) is 0 Å². The lowest BCUT2D eigenvalue weighted by molar-refractivity contribution is 0.159. The number of hydrogen-bond acceptors (Lipinski definition) is 3. The van der Waals surface area contributed by atoms with E-state index >= 15 is 0 Å². The Bertz CT molecular complexity index is 461. The molecule has 0 unspecified atom stereocenters. The van der Waals surface area contributed by atoms with E-state index in [1.807, 2.05) is 24.3 Å². The quantitative estimate of drug-likeness (QED) is 0.794. The van der Waals surface area contributed by atoms with Crippen LogP contribution in [0.1, 0.15) is 32.6 Å². The summed E-state index contributed by atoms with van der Waals surface area (Å²) in [6.07, 6.45) is 4.93. The lowest BCUT2D eigenvalue weighted by atomic mass is 10.0. The Balaban J connectivity index is 1.62. The van der Waals surface area contributed by atoms with Crippen molar-refractivity contribution < 1.29 is 9.53 Å². The molecule has 122 valence electrons. The zero-order valence-electron chi connectivity index (χ0n) is 13.6. The molecule has 5 nitrogen and oxygen atoms in total. The molecule has 1 aliphatic heterocycles. The van der Waals surface area contributed by atoms with Gasteiger partial charge < -0.3 is 20.3 Å². The Hall–Kier alpha value is -1.75. The van der Waals surface area contributed by atoms with Crippen molar-refractivity contribution in [3.05, 3.63) is 24.3 Å². The number of piperidine rings is 1. The molecule has 2 rings (SSSR count). The number of carbonyl (C=O) groups is 1. The van der Waals surface area contributed by atoms with Crippen LogP contribution in [0.4, 0.5) is 10.5 Å². The summed E-state index contributed by atoms with van der Waals surface area (Å²) < 4.78 is 5.09. The van der Waals surface area contributed by atoms with Crippen LogP contribution in [0.5, 0.6) is 5.75 Å². The van der Waals surface area contributed by atoms with Crippen LogP contribution >= 0.6 is 0 Å². The lowest BCUT2D eigenvalue weighted by Crippen LogP contribution is -2.39. The van der Waals surface area contributed by atoms with Crippen molar-refractivity contribution in [2.24, 2.45) is 0 Å². The number of likely N-dealkylation sites (tertiary alicyclic amines) is 1. The van der Waals surface area contributed by atoms with Crippen LogP contribution in [0, 0.1) is 0 Å². The Morgan fingerprint density at radius 2 is 2.09 bits per heavy atom. The number of amides is 2. The van der Waals surface area contributed by atoms with Crippen molar-refractivity contribution in [3.8, 4) is 5.75 Å². The summed E-state index contributed by atoms with van der Waals surface area (Å²) in [5.41, 5.74) is 0.767. The molecule has 0 bridgehead atoms. The first-order chi connectivity index (χ1) is 10.7. The minimum absolute atomic E-state index is 0.156. The van der Waals surface area contributed by atoms with Crippen molar-refractivity contribution in [2.75, 3.05) is 32.1 Å². The third-order valence-corrected chi connectivity index (χ3v) is 4.20. The average molecular weight is 305 g/mol. The van der Waals surface area contributed by atoms with E-state index in [9.17, 15) is 4.79 Å². The van der Waals surface area contributed by atoms with Gasteiger partial charge in [-0.2, -0.15) is 0 Å². The number of anilines is 1. The molecule has 0 spiro atoms. The van der Waals surface area contributed by atoms with E-state index in [4.69, 9.17) is 4.74 Å². The molecule has 0 radical (unpaired) electrons. The predicted octanol–water partition coefficient (Wildman–Crippen LogP) is 3.08. The third-order valence-electron chi connectivity index (χ3n) is 4.20. The lowest BCUT2D eigenvalue weighted by Gasteiger charge is -2.33. The summed E-state index contributed by atoms with van der Waals surface area (Å²) in [6.45, 7) is 5.25. The predicted molar refractivity (Wildman–Crippen MR) is 89.5 cm³/mol. The molecule has 5 heteroatoms. The van der Waals surface area contributed by atoms with Gasteiger partial charge in [-0.15, -0.1) is 0 Å². The number of nitrogens with zero attached hydrogens (tertiary/aromatic N) is 1. The number of carbonyl (C=O) groups excluding carboxylic acids is 1. The maximum Gasteiger partial charge on any atom is 0.319 e. The average Bonchev–Trinajstić information content (AvgIpc) is 2.54. The summed E-state index contributed by atoms with van der Waals surface area (Å²) >= 11 is 0. The van der Waals surface area contributed by atoms with Gasteiger partial charge in [0.2, 0.25) is 0 Å². The second kappa shape index (κ2) is 8.63. The van der Waals surface area contributed by atoms with Crippen LogP contribution in [0.2, 0.25) is 0 Å². The standard InChI is InChI=1S/C17H27N3O2/c1-14-6-3-4-12-20(14)13-5-11-18-17(21)19-15-7-9-16(22-2)10-8-15/h7-10,14H,3-6,11-13H2,1-2H3,(H2,18,19,21)/t14-/m0/s1. The largest absolute Gasteiger partial charge is 0.497 e. The number of hydrogen-bond donors (Lipinski definition) is 2. The number of benzene rings is 1. The van der Waals surface area contributed by atoms with Crippen molar-refractivity contribution in [1.29, 1.82) is 0 Å². The van der Waals surface area contributed by atoms with Crippen LogP contribution in [0.15, 0.2) is 24.3 Å². The molecule has 0 aliphatic carbocycles. The highest BCUT2D eigenvalue weighted by Crippen LogP contribution is 2.16. The van der Waals surface area contributed by atoms with Gasteiger partial charge in [0.05, 0.1) is 7.11 Å². The minimum atomic E-state index is -0.156. The zero-order valence-corrected chi connectivity index (χ0v) is 13.6. The van der Waals surface area contributed by atoms with Crippen molar-refractivity contribution in [3.63, 3.8) is 0 Å². The van der Waals surface area contributed by atoms with E-state index in [0.29, 0.717) is 12.6 Å². The second-order valence-corrected chi connectivity index (χ2v) is 5.84.